The second-order valence-electron chi connectivity index (χ2n) is 11.3. The summed E-state index contributed by atoms with van der Waals surface area (Å²) in [6, 6.07) is 27.8. The number of hydrogen-bond acceptors (Lipinski definition) is 6. The van der Waals surface area contributed by atoms with Crippen molar-refractivity contribution in [2.24, 2.45) is 0 Å². The highest BCUT2D eigenvalue weighted by molar-refractivity contribution is 7.99. The van der Waals surface area contributed by atoms with Crippen LogP contribution in [0.1, 0.15) is 48.8 Å². The Labute approximate surface area is 251 Å². The number of nitrogens with one attached hydrogen (secondary N) is 1. The topological polar surface area (TPSA) is 75.9 Å². The third-order valence-corrected chi connectivity index (χ3v) is 8.93. The summed E-state index contributed by atoms with van der Waals surface area (Å²) in [5.41, 5.74) is 6.65. The number of benzene rings is 3. The van der Waals surface area contributed by atoms with Crippen LogP contribution < -0.4 is 5.32 Å². The smallest absolute Gasteiger partial charge is 0.220 e. The Morgan fingerprint density at radius 1 is 0.905 bits per heavy atom. The van der Waals surface area contributed by atoms with Gasteiger partial charge in [0.25, 0.3) is 0 Å². The Balaban J connectivity index is 0.979. The van der Waals surface area contributed by atoms with Crippen LogP contribution in [0.2, 0.25) is 0 Å². The number of unbranched alkanes of at least 4 members (excludes halogenated alkanes) is 1. The molecule has 1 amide bonds. The molecule has 8 heteroatoms. The summed E-state index contributed by atoms with van der Waals surface area (Å²) in [6.45, 7) is 5.89. The lowest BCUT2D eigenvalue weighted by atomic mass is 10.0. The molecule has 0 unspecified atom stereocenters. The second kappa shape index (κ2) is 13.5. The van der Waals surface area contributed by atoms with Crippen molar-refractivity contribution in [3.8, 4) is 0 Å². The van der Waals surface area contributed by atoms with Gasteiger partial charge in [-0.25, -0.2) is 4.98 Å². The van der Waals surface area contributed by atoms with E-state index in [1.54, 1.807) is 11.8 Å². The molecule has 1 fully saturated rings. The minimum Gasteiger partial charge on any atom is -0.353 e. The highest BCUT2D eigenvalue weighted by atomic mass is 32.2. The van der Waals surface area contributed by atoms with Gasteiger partial charge < -0.3 is 9.88 Å². The third-order valence-electron chi connectivity index (χ3n) is 8.01. The fraction of sp³-hybridized carbons (Fsp3) is 0.353. The molecule has 0 aliphatic carbocycles. The Hall–Kier alpha value is -3.75. The van der Waals surface area contributed by atoms with Gasteiger partial charge in [0.15, 0.2) is 5.65 Å². The third kappa shape index (κ3) is 6.99. The molecule has 7 nitrogen and oxygen atoms in total. The van der Waals surface area contributed by atoms with Gasteiger partial charge in [0, 0.05) is 49.8 Å². The molecule has 0 atom stereocenters. The zero-order valence-electron chi connectivity index (χ0n) is 24.2. The summed E-state index contributed by atoms with van der Waals surface area (Å²) in [4.78, 5) is 20.0. The maximum atomic E-state index is 12.6. The maximum absolute atomic E-state index is 12.6. The van der Waals surface area contributed by atoms with E-state index in [4.69, 9.17) is 4.98 Å². The van der Waals surface area contributed by atoms with E-state index in [0.29, 0.717) is 11.6 Å². The highest BCUT2D eigenvalue weighted by Gasteiger charge is 2.20. The normalized spacial score (nSPS) is 14.5. The summed E-state index contributed by atoms with van der Waals surface area (Å²) in [5.74, 6) is 1.03. The Morgan fingerprint density at radius 2 is 1.69 bits per heavy atom. The lowest BCUT2D eigenvalue weighted by molar-refractivity contribution is -0.122. The lowest BCUT2D eigenvalue weighted by Gasteiger charge is -2.32. The molecule has 3 heterocycles. The Morgan fingerprint density at radius 3 is 2.52 bits per heavy atom. The predicted octanol–water partition coefficient (Wildman–Crippen LogP) is 6.38. The Kier molecular flexibility index (Phi) is 9.11. The van der Waals surface area contributed by atoms with Gasteiger partial charge in [-0.1, -0.05) is 90.1 Å². The summed E-state index contributed by atoms with van der Waals surface area (Å²) in [7, 11) is 0. The molecule has 216 valence electrons. The van der Waals surface area contributed by atoms with Crippen molar-refractivity contribution in [1.29, 1.82) is 0 Å². The van der Waals surface area contributed by atoms with Gasteiger partial charge in [-0.15, -0.1) is 10.2 Å². The first-order chi connectivity index (χ1) is 20.6. The number of para-hydroxylation sites is 1. The van der Waals surface area contributed by atoms with Gasteiger partial charge in [-0.05, 0) is 49.8 Å². The first kappa shape index (κ1) is 28.4. The first-order valence-electron chi connectivity index (χ1n) is 15.0. The van der Waals surface area contributed by atoms with E-state index in [9.17, 15) is 4.79 Å². The number of fused-ring (bicyclic) bond motifs is 3. The number of nitrogens with zero attached hydrogens (tertiary/aromatic N) is 5. The van der Waals surface area contributed by atoms with Crippen LogP contribution in [-0.4, -0.2) is 55.4 Å². The largest absolute Gasteiger partial charge is 0.353 e. The molecular formula is C34H38N6OS. The molecule has 0 bridgehead atoms. The number of hydrogen-bond donors (Lipinski definition) is 1. The molecule has 1 aliphatic heterocycles. The zero-order chi connectivity index (χ0) is 28.7. The van der Waals surface area contributed by atoms with E-state index in [-0.39, 0.29) is 11.9 Å². The van der Waals surface area contributed by atoms with Crippen LogP contribution in [0.25, 0.3) is 22.1 Å². The van der Waals surface area contributed by atoms with Gasteiger partial charge in [-0.3, -0.25) is 9.69 Å². The molecule has 5 aromatic rings. The average Bonchev–Trinajstić information content (AvgIpc) is 3.31. The molecule has 2 aromatic heterocycles. The van der Waals surface area contributed by atoms with Gasteiger partial charge >= 0.3 is 0 Å². The van der Waals surface area contributed by atoms with E-state index >= 15 is 0 Å². The summed E-state index contributed by atoms with van der Waals surface area (Å²) >= 11 is 1.62. The van der Waals surface area contributed by atoms with Crippen molar-refractivity contribution in [3.05, 3.63) is 95.6 Å². The minimum atomic E-state index is 0.168. The SMILES string of the molecule is Cc1cccc(Cn2c3ccccc3c3nnc(SCCCCC(=O)NC4CCN(Cc5ccccc5)CC4)nc32)c1. The van der Waals surface area contributed by atoms with Crippen molar-refractivity contribution >= 4 is 39.7 Å². The number of rotatable bonds is 11. The average molecular weight is 579 g/mol. The number of piperidine rings is 1. The van der Waals surface area contributed by atoms with E-state index in [0.717, 1.165) is 79.7 Å². The van der Waals surface area contributed by atoms with Crippen LogP contribution in [0.15, 0.2) is 84.0 Å². The van der Waals surface area contributed by atoms with Crippen LogP contribution >= 0.6 is 11.8 Å². The highest BCUT2D eigenvalue weighted by Crippen LogP contribution is 2.28. The number of aryl methyl sites for hydroxylation is 1. The second-order valence-corrected chi connectivity index (χ2v) is 12.3. The molecule has 0 spiro atoms. The number of likely N-dealkylation sites (tertiary alicyclic amines) is 1. The van der Waals surface area contributed by atoms with E-state index in [1.165, 1.54) is 16.7 Å². The van der Waals surface area contributed by atoms with E-state index < -0.39 is 0 Å². The fourth-order valence-corrected chi connectivity index (χ4v) is 6.61. The monoisotopic (exact) mass is 578 g/mol. The first-order valence-corrected chi connectivity index (χ1v) is 16.0. The zero-order valence-corrected chi connectivity index (χ0v) is 25.0. The van der Waals surface area contributed by atoms with E-state index in [1.807, 2.05) is 6.07 Å². The van der Waals surface area contributed by atoms with E-state index in [2.05, 4.69) is 105 Å². The van der Waals surface area contributed by atoms with Crippen LogP contribution in [0.5, 0.6) is 0 Å². The molecule has 1 N–H and O–H groups in total. The molecule has 1 saturated heterocycles. The van der Waals surface area contributed by atoms with Gasteiger partial charge in [0.1, 0.15) is 5.52 Å². The predicted molar refractivity (Wildman–Crippen MR) is 171 cm³/mol. The lowest BCUT2D eigenvalue weighted by Crippen LogP contribution is -2.44. The molecule has 0 radical (unpaired) electrons. The van der Waals surface area contributed by atoms with Gasteiger partial charge in [-0.2, -0.15) is 0 Å². The number of amides is 1. The van der Waals surface area contributed by atoms with Gasteiger partial charge in [0.05, 0.1) is 5.52 Å². The summed E-state index contributed by atoms with van der Waals surface area (Å²) in [6.07, 6.45) is 4.38. The fourth-order valence-electron chi connectivity index (χ4n) is 5.83. The molecule has 6 rings (SSSR count). The van der Waals surface area contributed by atoms with Crippen LogP contribution in [-0.2, 0) is 17.9 Å². The minimum absolute atomic E-state index is 0.168. The van der Waals surface area contributed by atoms with Crippen molar-refractivity contribution < 1.29 is 4.79 Å². The quantitative estimate of drug-likeness (QED) is 0.145. The molecule has 3 aromatic carbocycles. The molecule has 0 saturated carbocycles. The van der Waals surface area contributed by atoms with Crippen molar-refractivity contribution in [2.45, 2.75) is 63.3 Å². The number of carbonyl (C=O) groups excluding carboxylic acids is 1. The Bertz CT molecular complexity index is 1640. The standard InChI is InChI=1S/C34H38N6OS/c1-25-10-9-13-27(22-25)24-40-30-15-6-5-14-29(30)32-33(40)36-34(38-37-32)42-21-8-7-16-31(41)35-28-17-19-39(20-18-28)23-26-11-3-2-4-12-26/h2-6,9-15,22,28H,7-8,16-21,23-24H2,1H3,(H,35,41). The van der Waals surface area contributed by atoms with Crippen LogP contribution in [0, 0.1) is 6.92 Å². The molecular weight excluding hydrogens is 540 g/mol. The van der Waals surface area contributed by atoms with Crippen LogP contribution in [0.3, 0.4) is 0 Å². The number of aromatic nitrogens is 4. The van der Waals surface area contributed by atoms with Crippen molar-refractivity contribution in [1.82, 2.24) is 30.0 Å². The summed E-state index contributed by atoms with van der Waals surface area (Å²) in [5, 5.41) is 14.0. The van der Waals surface area contributed by atoms with Crippen molar-refractivity contribution in [2.75, 3.05) is 18.8 Å². The van der Waals surface area contributed by atoms with Gasteiger partial charge in [0.2, 0.25) is 11.1 Å². The molecule has 1 aliphatic rings. The number of thioether (sulfide) groups is 1. The van der Waals surface area contributed by atoms with Crippen LogP contribution in [0.4, 0.5) is 0 Å². The molecule has 42 heavy (non-hydrogen) atoms. The summed E-state index contributed by atoms with van der Waals surface area (Å²) < 4.78 is 2.24. The maximum Gasteiger partial charge on any atom is 0.220 e. The number of carbonyl (C=O) groups is 1. The van der Waals surface area contributed by atoms with Crippen molar-refractivity contribution in [3.63, 3.8) is 0 Å².